The van der Waals surface area contributed by atoms with Crippen molar-refractivity contribution >= 4 is 5.69 Å². The lowest BCUT2D eigenvalue weighted by Crippen LogP contribution is -2.19. The summed E-state index contributed by atoms with van der Waals surface area (Å²) in [5.74, 6) is 0.322. The molecule has 1 aromatic rings. The van der Waals surface area contributed by atoms with E-state index in [0.717, 1.165) is 11.3 Å². The minimum Gasteiger partial charge on any atom is -0.382 e. The van der Waals surface area contributed by atoms with Gasteiger partial charge >= 0.3 is 6.36 Å². The molecule has 96 valence electrons. The van der Waals surface area contributed by atoms with Gasteiger partial charge in [0.1, 0.15) is 0 Å². The highest BCUT2D eigenvalue weighted by Crippen LogP contribution is 2.23. The first kappa shape index (κ1) is 13.8. The van der Waals surface area contributed by atoms with Crippen LogP contribution in [0.5, 0.6) is 0 Å². The summed E-state index contributed by atoms with van der Waals surface area (Å²) in [4.78, 5) is 0. The highest BCUT2D eigenvalue weighted by Gasteiger charge is 2.28. The van der Waals surface area contributed by atoms with Gasteiger partial charge in [0.15, 0.2) is 0 Å². The van der Waals surface area contributed by atoms with E-state index in [1.165, 1.54) is 0 Å². The molecule has 5 heteroatoms. The number of alkyl halides is 3. The molecule has 0 saturated heterocycles. The smallest absolute Gasteiger partial charge is 0.382 e. The molecule has 0 aliphatic carbocycles. The molecular formula is C12H16F3NO. The Kier molecular flexibility index (Phi) is 4.81. The Balaban J connectivity index is 2.47. The lowest BCUT2D eigenvalue weighted by molar-refractivity contribution is -0.322. The van der Waals surface area contributed by atoms with Crippen LogP contribution in [0, 0.1) is 0 Å². The number of hydrogen-bond acceptors (Lipinski definition) is 2. The van der Waals surface area contributed by atoms with Gasteiger partial charge < -0.3 is 5.32 Å². The summed E-state index contributed by atoms with van der Waals surface area (Å²) in [5.41, 5.74) is 1.94. The number of halogens is 3. The zero-order valence-corrected chi connectivity index (χ0v) is 9.84. The minimum atomic E-state index is -4.56. The Morgan fingerprint density at radius 1 is 1.24 bits per heavy atom. The normalized spacial score (nSPS) is 11.9. The predicted molar refractivity (Wildman–Crippen MR) is 61.0 cm³/mol. The van der Waals surface area contributed by atoms with Gasteiger partial charge in [-0.3, -0.25) is 4.74 Å². The second-order valence-electron chi connectivity index (χ2n) is 3.96. The van der Waals surface area contributed by atoms with Crippen molar-refractivity contribution in [3.05, 3.63) is 29.8 Å². The zero-order valence-electron chi connectivity index (χ0n) is 9.84. The monoisotopic (exact) mass is 247 g/mol. The van der Waals surface area contributed by atoms with Crippen LogP contribution in [0.4, 0.5) is 18.9 Å². The lowest BCUT2D eigenvalue weighted by Gasteiger charge is -2.14. The van der Waals surface area contributed by atoms with Crippen molar-refractivity contribution < 1.29 is 17.9 Å². The number of anilines is 1. The molecule has 0 amide bonds. The summed E-state index contributed by atoms with van der Waals surface area (Å²) in [6.45, 7) is 3.80. The third-order valence-corrected chi connectivity index (χ3v) is 2.27. The predicted octanol–water partition coefficient (Wildman–Crippen LogP) is 3.76. The second kappa shape index (κ2) is 5.91. The van der Waals surface area contributed by atoms with E-state index < -0.39 is 13.0 Å². The topological polar surface area (TPSA) is 21.3 Å². The lowest BCUT2D eigenvalue weighted by atomic mass is 10.0. The molecule has 0 radical (unpaired) electrons. The molecule has 0 heterocycles. The van der Waals surface area contributed by atoms with E-state index in [-0.39, 0.29) is 6.54 Å². The maximum atomic E-state index is 11.7. The Morgan fingerprint density at radius 2 is 1.88 bits per heavy atom. The molecule has 2 nitrogen and oxygen atoms in total. The van der Waals surface area contributed by atoms with Gasteiger partial charge in [0.2, 0.25) is 0 Å². The number of benzene rings is 1. The summed E-state index contributed by atoms with van der Waals surface area (Å²) in [7, 11) is 0. The molecule has 0 bridgehead atoms. The van der Waals surface area contributed by atoms with Crippen LogP contribution in [0.1, 0.15) is 25.3 Å². The van der Waals surface area contributed by atoms with Gasteiger partial charge in [0.25, 0.3) is 0 Å². The number of nitrogens with one attached hydrogen (secondary N) is 1. The minimum absolute atomic E-state index is 0.128. The van der Waals surface area contributed by atoms with Gasteiger partial charge in [0.05, 0.1) is 6.61 Å². The third-order valence-electron chi connectivity index (χ3n) is 2.27. The average Bonchev–Trinajstić information content (AvgIpc) is 2.23. The molecule has 0 spiro atoms. The van der Waals surface area contributed by atoms with Gasteiger partial charge in [-0.1, -0.05) is 32.0 Å². The standard InChI is InChI=1S/C12H16F3NO/c1-9(2)10-5-3-4-6-11(10)16-7-8-17-12(13,14)15/h3-6,9,16H,7-8H2,1-2H3. The highest BCUT2D eigenvalue weighted by atomic mass is 19.4. The number of ether oxygens (including phenoxy) is 1. The Hall–Kier alpha value is -1.23. The van der Waals surface area contributed by atoms with Crippen molar-refractivity contribution in [2.45, 2.75) is 26.1 Å². The van der Waals surface area contributed by atoms with Crippen molar-refractivity contribution in [1.82, 2.24) is 0 Å². The SMILES string of the molecule is CC(C)c1ccccc1NCCOC(F)(F)F. The largest absolute Gasteiger partial charge is 0.522 e. The van der Waals surface area contributed by atoms with E-state index in [2.05, 4.69) is 10.1 Å². The van der Waals surface area contributed by atoms with E-state index in [4.69, 9.17) is 0 Å². The number of para-hydroxylation sites is 1. The highest BCUT2D eigenvalue weighted by molar-refractivity contribution is 5.52. The average molecular weight is 247 g/mol. The van der Waals surface area contributed by atoms with Crippen molar-refractivity contribution in [3.63, 3.8) is 0 Å². The summed E-state index contributed by atoms with van der Waals surface area (Å²) in [6.07, 6.45) is -4.56. The van der Waals surface area contributed by atoms with Gasteiger partial charge in [-0.05, 0) is 17.5 Å². The van der Waals surface area contributed by atoms with E-state index in [9.17, 15) is 13.2 Å². The first-order valence-electron chi connectivity index (χ1n) is 5.43. The van der Waals surface area contributed by atoms with Gasteiger partial charge in [-0.2, -0.15) is 0 Å². The number of rotatable bonds is 5. The fraction of sp³-hybridized carbons (Fsp3) is 0.500. The van der Waals surface area contributed by atoms with Crippen LogP contribution < -0.4 is 5.32 Å². The second-order valence-corrected chi connectivity index (χ2v) is 3.96. The first-order chi connectivity index (χ1) is 7.90. The molecule has 0 aliphatic rings. The molecule has 1 rings (SSSR count). The van der Waals surface area contributed by atoms with Crippen LogP contribution >= 0.6 is 0 Å². The van der Waals surface area contributed by atoms with E-state index in [1.54, 1.807) is 0 Å². The molecular weight excluding hydrogens is 231 g/mol. The maximum Gasteiger partial charge on any atom is 0.522 e. The maximum absolute atomic E-state index is 11.7. The quantitative estimate of drug-likeness (QED) is 0.800. The summed E-state index contributed by atoms with van der Waals surface area (Å²) in [6, 6.07) is 7.56. The van der Waals surface area contributed by atoms with Crippen molar-refractivity contribution in [2.75, 3.05) is 18.5 Å². The summed E-state index contributed by atoms with van der Waals surface area (Å²) < 4.78 is 38.9. The van der Waals surface area contributed by atoms with Gasteiger partial charge in [-0.15, -0.1) is 13.2 Å². The Labute approximate surface area is 98.8 Å². The summed E-state index contributed by atoms with van der Waals surface area (Å²) in [5, 5.41) is 2.94. The van der Waals surface area contributed by atoms with Crippen molar-refractivity contribution in [1.29, 1.82) is 0 Å². The van der Waals surface area contributed by atoms with Crippen LogP contribution in [-0.2, 0) is 4.74 Å². The Bertz CT molecular complexity index is 350. The van der Waals surface area contributed by atoms with E-state index in [0.29, 0.717) is 5.92 Å². The molecule has 0 aliphatic heterocycles. The molecule has 0 unspecified atom stereocenters. The zero-order chi connectivity index (χ0) is 12.9. The van der Waals surface area contributed by atoms with E-state index >= 15 is 0 Å². The van der Waals surface area contributed by atoms with Gasteiger partial charge in [-0.25, -0.2) is 0 Å². The molecule has 1 aromatic carbocycles. The first-order valence-corrected chi connectivity index (χ1v) is 5.43. The number of hydrogen-bond donors (Lipinski definition) is 1. The molecule has 0 aromatic heterocycles. The molecule has 0 atom stereocenters. The third kappa shape index (κ3) is 5.08. The van der Waals surface area contributed by atoms with Gasteiger partial charge in [0, 0.05) is 12.2 Å². The molecule has 0 fully saturated rings. The van der Waals surface area contributed by atoms with Crippen LogP contribution in [0.2, 0.25) is 0 Å². The van der Waals surface area contributed by atoms with E-state index in [1.807, 2.05) is 38.1 Å². The van der Waals surface area contributed by atoms with Crippen LogP contribution in [-0.4, -0.2) is 19.5 Å². The van der Waals surface area contributed by atoms with Crippen LogP contribution in [0.15, 0.2) is 24.3 Å². The summed E-state index contributed by atoms with van der Waals surface area (Å²) >= 11 is 0. The fourth-order valence-corrected chi connectivity index (χ4v) is 1.51. The van der Waals surface area contributed by atoms with Crippen LogP contribution in [0.3, 0.4) is 0 Å². The van der Waals surface area contributed by atoms with Crippen molar-refractivity contribution in [3.8, 4) is 0 Å². The fourth-order valence-electron chi connectivity index (χ4n) is 1.51. The van der Waals surface area contributed by atoms with Crippen molar-refractivity contribution in [2.24, 2.45) is 0 Å². The molecule has 17 heavy (non-hydrogen) atoms. The molecule has 1 N–H and O–H groups in total. The Morgan fingerprint density at radius 3 is 2.47 bits per heavy atom. The molecule has 0 saturated carbocycles. The van der Waals surface area contributed by atoms with Crippen LogP contribution in [0.25, 0.3) is 0 Å².